The van der Waals surface area contributed by atoms with Crippen molar-refractivity contribution in [1.82, 2.24) is 0 Å². The monoisotopic (exact) mass is 166 g/mol. The topological polar surface area (TPSA) is 38.4 Å². The molecule has 0 aromatic rings. The first-order valence-electron chi connectivity index (χ1n) is 4.74. The van der Waals surface area contributed by atoms with Crippen molar-refractivity contribution in [3.05, 3.63) is 11.8 Å². The fourth-order valence-corrected chi connectivity index (χ4v) is 1.51. The van der Waals surface area contributed by atoms with Crippen LogP contribution >= 0.6 is 0 Å². The number of hydrogen-bond donors (Lipinski definition) is 1. The largest absolute Gasteiger partial charge is 0.402 e. The minimum absolute atomic E-state index is 0.564. The number of rotatable bonds is 2. The van der Waals surface area contributed by atoms with Crippen LogP contribution in [-0.2, 0) is 0 Å². The molecule has 0 aromatic heterocycles. The van der Waals surface area contributed by atoms with Crippen molar-refractivity contribution < 1.29 is 0 Å². The number of hydrogen-bond acceptors (Lipinski definition) is 2. The summed E-state index contributed by atoms with van der Waals surface area (Å²) in [5.41, 5.74) is 6.31. The van der Waals surface area contributed by atoms with E-state index in [1.165, 1.54) is 32.1 Å². The van der Waals surface area contributed by atoms with E-state index in [0.717, 1.165) is 5.70 Å². The summed E-state index contributed by atoms with van der Waals surface area (Å²) in [6.45, 7) is 1.88. The molecule has 0 aliphatic heterocycles. The van der Waals surface area contributed by atoms with E-state index in [4.69, 9.17) is 5.73 Å². The fraction of sp³-hybridized carbons (Fsp3) is 0.700. The molecule has 1 aliphatic carbocycles. The quantitative estimate of drug-likeness (QED) is 0.628. The average Bonchev–Trinajstić information content (AvgIpc) is 2.05. The van der Waals surface area contributed by atoms with Crippen molar-refractivity contribution in [3.63, 3.8) is 0 Å². The van der Waals surface area contributed by atoms with E-state index in [-0.39, 0.29) is 0 Å². The maximum atomic E-state index is 5.48. The average molecular weight is 166 g/mol. The Kier molecular flexibility index (Phi) is 3.85. The van der Waals surface area contributed by atoms with E-state index < -0.39 is 0 Å². The van der Waals surface area contributed by atoms with Gasteiger partial charge in [-0.15, -0.1) is 0 Å². The van der Waals surface area contributed by atoms with Gasteiger partial charge >= 0.3 is 0 Å². The van der Waals surface area contributed by atoms with Gasteiger partial charge in [0.25, 0.3) is 0 Å². The molecule has 12 heavy (non-hydrogen) atoms. The smallest absolute Gasteiger partial charge is 0.0499 e. The van der Waals surface area contributed by atoms with E-state index >= 15 is 0 Å². The highest BCUT2D eigenvalue weighted by molar-refractivity contribution is 5.71. The summed E-state index contributed by atoms with van der Waals surface area (Å²) in [4.78, 5) is 4.44. The third kappa shape index (κ3) is 3.56. The molecule has 0 heterocycles. The molecule has 0 bridgehead atoms. The third-order valence-electron chi connectivity index (χ3n) is 2.21. The Hall–Kier alpha value is -0.790. The molecule has 0 amide bonds. The van der Waals surface area contributed by atoms with E-state index in [2.05, 4.69) is 4.99 Å². The van der Waals surface area contributed by atoms with Crippen LogP contribution in [0.15, 0.2) is 16.8 Å². The normalized spacial score (nSPS) is 21.9. The highest BCUT2D eigenvalue weighted by atomic mass is 14.8. The van der Waals surface area contributed by atoms with Gasteiger partial charge in [0.2, 0.25) is 0 Å². The Morgan fingerprint density at radius 2 is 2.00 bits per heavy atom. The Labute approximate surface area is 74.6 Å². The highest BCUT2D eigenvalue weighted by Gasteiger charge is 2.09. The van der Waals surface area contributed by atoms with Crippen LogP contribution in [0.25, 0.3) is 0 Å². The van der Waals surface area contributed by atoms with Crippen molar-refractivity contribution in [2.45, 2.75) is 45.1 Å². The van der Waals surface area contributed by atoms with Gasteiger partial charge in [-0.05, 0) is 25.8 Å². The van der Waals surface area contributed by atoms with Crippen LogP contribution in [0, 0.1) is 0 Å². The predicted octanol–water partition coefficient (Wildman–Crippen LogP) is 2.25. The summed E-state index contributed by atoms with van der Waals surface area (Å²) in [6, 6.07) is 0.564. The molecule has 1 saturated carbocycles. The molecule has 0 atom stereocenters. The first kappa shape index (κ1) is 9.30. The van der Waals surface area contributed by atoms with Gasteiger partial charge in [0.05, 0.1) is 0 Å². The zero-order chi connectivity index (χ0) is 8.81. The van der Waals surface area contributed by atoms with Crippen LogP contribution in [0.3, 0.4) is 0 Å². The van der Waals surface area contributed by atoms with Crippen LogP contribution in [0.4, 0.5) is 0 Å². The summed E-state index contributed by atoms with van der Waals surface area (Å²) in [5, 5.41) is 0. The van der Waals surface area contributed by atoms with Crippen LogP contribution in [-0.4, -0.2) is 12.3 Å². The number of aliphatic imine (C=N–C) groups is 1. The summed E-state index contributed by atoms with van der Waals surface area (Å²) in [5.74, 6) is 0. The zero-order valence-corrected chi connectivity index (χ0v) is 7.79. The molecule has 2 N–H and O–H groups in total. The lowest BCUT2D eigenvalue weighted by Crippen LogP contribution is -2.09. The first-order chi connectivity index (χ1) is 5.79. The molecule has 1 rings (SSSR count). The van der Waals surface area contributed by atoms with Crippen molar-refractivity contribution in [2.75, 3.05) is 0 Å². The van der Waals surface area contributed by atoms with Gasteiger partial charge in [-0.3, -0.25) is 4.99 Å². The molecule has 1 fully saturated rings. The second-order valence-electron chi connectivity index (χ2n) is 3.50. The van der Waals surface area contributed by atoms with E-state index in [0.29, 0.717) is 6.04 Å². The molecule has 0 spiro atoms. The Morgan fingerprint density at radius 3 is 2.58 bits per heavy atom. The maximum absolute atomic E-state index is 5.48. The van der Waals surface area contributed by atoms with Gasteiger partial charge in [0.1, 0.15) is 0 Å². The molecule has 1 aliphatic rings. The summed E-state index contributed by atoms with van der Waals surface area (Å²) < 4.78 is 0. The number of nitrogens with zero attached hydrogens (tertiary/aromatic N) is 1. The van der Waals surface area contributed by atoms with Crippen molar-refractivity contribution >= 4 is 6.21 Å². The van der Waals surface area contributed by atoms with Crippen LogP contribution in [0.1, 0.15) is 39.0 Å². The lowest BCUT2D eigenvalue weighted by atomic mass is 9.96. The van der Waals surface area contributed by atoms with Gasteiger partial charge in [-0.2, -0.15) is 0 Å². The minimum atomic E-state index is 0.564. The van der Waals surface area contributed by atoms with Crippen LogP contribution in [0.2, 0.25) is 0 Å². The summed E-state index contributed by atoms with van der Waals surface area (Å²) >= 11 is 0. The van der Waals surface area contributed by atoms with Gasteiger partial charge in [0.15, 0.2) is 0 Å². The molecule has 0 saturated heterocycles. The summed E-state index contributed by atoms with van der Waals surface area (Å²) in [6.07, 6.45) is 10.3. The first-order valence-corrected chi connectivity index (χ1v) is 4.74. The Morgan fingerprint density at radius 1 is 1.33 bits per heavy atom. The van der Waals surface area contributed by atoms with Crippen molar-refractivity contribution in [1.29, 1.82) is 0 Å². The van der Waals surface area contributed by atoms with Crippen LogP contribution in [0.5, 0.6) is 0 Å². The third-order valence-corrected chi connectivity index (χ3v) is 2.21. The standard InChI is InChI=1S/C10H18N2/c1-9(11)7-8-12-10-5-3-2-4-6-10/h7-8,10H,2-6,11H2,1H3. The van der Waals surface area contributed by atoms with Gasteiger partial charge in [0, 0.05) is 18.0 Å². The SMILES string of the molecule is CC(N)=CC=NC1CCCCC1. The molecular formula is C10H18N2. The van der Waals surface area contributed by atoms with Gasteiger partial charge in [-0.25, -0.2) is 0 Å². The second kappa shape index (κ2) is 4.96. The maximum Gasteiger partial charge on any atom is 0.0499 e. The van der Waals surface area contributed by atoms with E-state index in [1.807, 2.05) is 19.2 Å². The molecule has 0 aromatic carbocycles. The molecule has 2 nitrogen and oxygen atoms in total. The van der Waals surface area contributed by atoms with Gasteiger partial charge < -0.3 is 5.73 Å². The lowest BCUT2D eigenvalue weighted by Gasteiger charge is -2.16. The lowest BCUT2D eigenvalue weighted by molar-refractivity contribution is 0.444. The number of nitrogens with two attached hydrogens (primary N) is 1. The zero-order valence-electron chi connectivity index (χ0n) is 7.79. The van der Waals surface area contributed by atoms with Crippen molar-refractivity contribution in [2.24, 2.45) is 10.7 Å². The molecule has 68 valence electrons. The van der Waals surface area contributed by atoms with Gasteiger partial charge in [-0.1, -0.05) is 19.3 Å². The highest BCUT2D eigenvalue weighted by Crippen LogP contribution is 2.19. The molecule has 0 radical (unpaired) electrons. The van der Waals surface area contributed by atoms with Crippen molar-refractivity contribution in [3.8, 4) is 0 Å². The Bertz CT molecular complexity index is 172. The second-order valence-corrected chi connectivity index (χ2v) is 3.50. The van der Waals surface area contributed by atoms with E-state index in [9.17, 15) is 0 Å². The van der Waals surface area contributed by atoms with E-state index in [1.54, 1.807) is 0 Å². The Balaban J connectivity index is 2.29. The number of allylic oxidation sites excluding steroid dienone is 2. The predicted molar refractivity (Wildman–Crippen MR) is 53.3 cm³/mol. The molecular weight excluding hydrogens is 148 g/mol. The fourth-order valence-electron chi connectivity index (χ4n) is 1.51. The van der Waals surface area contributed by atoms with Crippen LogP contribution < -0.4 is 5.73 Å². The summed E-state index contributed by atoms with van der Waals surface area (Å²) in [7, 11) is 0. The molecule has 0 unspecified atom stereocenters. The minimum Gasteiger partial charge on any atom is -0.402 e. The molecule has 2 heteroatoms.